The maximum absolute atomic E-state index is 13.3. The maximum Gasteiger partial charge on any atom is 0.314 e. The van der Waals surface area contributed by atoms with E-state index >= 15 is 0 Å². The van der Waals surface area contributed by atoms with Crippen LogP contribution in [0.25, 0.3) is 10.9 Å². The molecule has 60 heavy (non-hydrogen) atoms. The number of pyridine rings is 1. The number of phenolic OH excluding ortho intramolecular Hbond substituents is 1. The van der Waals surface area contributed by atoms with Crippen molar-refractivity contribution >= 4 is 28.7 Å². The summed E-state index contributed by atoms with van der Waals surface area (Å²) < 4.78 is 0. The van der Waals surface area contributed by atoms with E-state index in [9.17, 15) is 34.5 Å². The summed E-state index contributed by atoms with van der Waals surface area (Å²) in [5.74, 6) is -0.0418. The molecule has 1 atom stereocenters. The minimum Gasteiger partial charge on any atom is -0.506 e. The summed E-state index contributed by atoms with van der Waals surface area (Å²) in [6.45, 7) is 7.92. The molecular formula is C48H55N5O7. The number of piperidine rings is 4. The van der Waals surface area contributed by atoms with Crippen LogP contribution in [-0.2, 0) is 34.6 Å². The van der Waals surface area contributed by atoms with Crippen LogP contribution >= 0.6 is 0 Å². The number of aromatic nitrogens is 1. The number of carbonyl (C=O) groups is 3. The van der Waals surface area contributed by atoms with Crippen LogP contribution in [0.15, 0.2) is 108 Å². The summed E-state index contributed by atoms with van der Waals surface area (Å²) >= 11 is 0. The molecule has 5 N–H and O–H groups in total. The van der Waals surface area contributed by atoms with E-state index in [0.29, 0.717) is 62.1 Å². The summed E-state index contributed by atoms with van der Waals surface area (Å²) in [4.78, 5) is 58.6. The molecule has 314 valence electrons. The number of carbonyl (C=O) groups excluding carboxylic acids is 2. The summed E-state index contributed by atoms with van der Waals surface area (Å²) in [7, 11) is 0. The van der Waals surface area contributed by atoms with Crippen molar-refractivity contribution < 1.29 is 29.7 Å². The Kier molecular flexibility index (Phi) is 13.4. The van der Waals surface area contributed by atoms with Gasteiger partial charge in [0.25, 0.3) is 5.91 Å². The SMILES string of the molecule is C1CN2CCC1CC2.CC(=O)N(Cc1ccc(CNCC(O)c2ccc(O)c3[nH]c(=O)ccc23)cc1)Cc1ccc(C(=O)N2CCC(C(=O)O)(c3ccccc3)CC2)cc1. The number of carboxylic acid groups (broad SMARTS) is 1. The number of nitrogens with one attached hydrogen (secondary N) is 2. The standard InChI is InChI=1S/C41H42N4O7.C7H13N/c1-27(46)45(25-29-9-7-28(8-10-29)23-42-24-36(48)33-15-17-35(47)38-34(33)16-18-37(49)43-38)26-30-11-13-31(14-12-30)39(50)44-21-19-41(20-22-44,40(51)52)32-5-3-2-4-6-32;1-4-8-5-2-7(1)3-6-8/h2-18,36,42,47-48H,19-26H2,1H3,(H,43,49)(H,51,52);7H,1-6H2. The van der Waals surface area contributed by atoms with Crippen molar-refractivity contribution in [2.75, 3.05) is 39.3 Å². The number of likely N-dealkylation sites (tertiary alicyclic amines) is 1. The molecule has 5 heterocycles. The van der Waals surface area contributed by atoms with Crippen LogP contribution in [-0.4, -0.2) is 92.1 Å². The van der Waals surface area contributed by atoms with E-state index in [1.165, 1.54) is 58.0 Å². The first kappa shape index (κ1) is 42.3. The van der Waals surface area contributed by atoms with Gasteiger partial charge in [-0.25, -0.2) is 0 Å². The van der Waals surface area contributed by atoms with Crippen LogP contribution in [0.2, 0.25) is 0 Å². The van der Waals surface area contributed by atoms with E-state index in [1.54, 1.807) is 34.1 Å². The Balaban J connectivity index is 0.000000602. The van der Waals surface area contributed by atoms with Crippen molar-refractivity contribution in [3.63, 3.8) is 0 Å². The van der Waals surface area contributed by atoms with Crippen LogP contribution in [0.1, 0.15) is 83.3 Å². The molecule has 2 amide bonds. The monoisotopic (exact) mass is 813 g/mol. The average molecular weight is 814 g/mol. The fraction of sp³-hybridized carbons (Fsp3) is 0.375. The number of aromatic hydroxyl groups is 1. The van der Waals surface area contributed by atoms with Gasteiger partial charge in [-0.05, 0) is 110 Å². The number of amides is 2. The normalized spacial score (nSPS) is 18.6. The highest BCUT2D eigenvalue weighted by Crippen LogP contribution is 2.36. The third-order valence-electron chi connectivity index (χ3n) is 12.5. The Hall–Kier alpha value is -5.82. The Labute approximate surface area is 350 Å². The summed E-state index contributed by atoms with van der Waals surface area (Å²) in [6.07, 6.45) is 4.27. The van der Waals surface area contributed by atoms with Gasteiger partial charge < -0.3 is 40.3 Å². The molecular weight excluding hydrogens is 759 g/mol. The molecule has 4 aliphatic rings. The molecule has 4 saturated heterocycles. The molecule has 9 rings (SSSR count). The highest BCUT2D eigenvalue weighted by atomic mass is 16.4. The van der Waals surface area contributed by atoms with Crippen molar-refractivity contribution in [1.82, 2.24) is 25.0 Å². The van der Waals surface area contributed by atoms with Gasteiger partial charge in [0.05, 0.1) is 17.0 Å². The van der Waals surface area contributed by atoms with Gasteiger partial charge in [0.1, 0.15) is 5.75 Å². The number of aliphatic carboxylic acids is 1. The maximum atomic E-state index is 13.3. The van der Waals surface area contributed by atoms with Gasteiger partial charge in [0.15, 0.2) is 0 Å². The second-order valence-corrected chi connectivity index (χ2v) is 16.4. The van der Waals surface area contributed by atoms with Gasteiger partial charge in [-0.3, -0.25) is 19.2 Å². The largest absolute Gasteiger partial charge is 0.506 e. The Morgan fingerprint density at radius 2 is 1.40 bits per heavy atom. The molecule has 0 radical (unpaired) electrons. The minimum absolute atomic E-state index is 0.0600. The quantitative estimate of drug-likeness (QED) is 0.102. The molecule has 12 heteroatoms. The Bertz CT molecular complexity index is 2290. The average Bonchev–Trinajstić information content (AvgIpc) is 3.28. The lowest BCUT2D eigenvalue weighted by molar-refractivity contribution is -0.145. The number of carboxylic acids is 1. The van der Waals surface area contributed by atoms with Gasteiger partial charge in [-0.15, -0.1) is 0 Å². The van der Waals surface area contributed by atoms with E-state index in [2.05, 4.69) is 15.2 Å². The van der Waals surface area contributed by atoms with Crippen molar-refractivity contribution in [1.29, 1.82) is 0 Å². The number of aliphatic hydroxyl groups excluding tert-OH is 1. The first-order chi connectivity index (χ1) is 29.0. The zero-order chi connectivity index (χ0) is 42.2. The topological polar surface area (TPSA) is 167 Å². The predicted octanol–water partition coefficient (Wildman–Crippen LogP) is 5.97. The van der Waals surface area contributed by atoms with Gasteiger partial charge >= 0.3 is 5.97 Å². The second kappa shape index (κ2) is 19.1. The first-order valence-electron chi connectivity index (χ1n) is 21.0. The van der Waals surface area contributed by atoms with E-state index < -0.39 is 17.5 Å². The summed E-state index contributed by atoms with van der Waals surface area (Å²) in [5, 5.41) is 34.9. The molecule has 4 aliphatic heterocycles. The van der Waals surface area contributed by atoms with Gasteiger partial charge in [0.2, 0.25) is 11.5 Å². The lowest BCUT2D eigenvalue weighted by Gasteiger charge is -2.39. The molecule has 0 saturated carbocycles. The fourth-order valence-electron chi connectivity index (χ4n) is 8.77. The highest BCUT2D eigenvalue weighted by molar-refractivity contribution is 5.94. The number of nitrogens with zero attached hydrogens (tertiary/aromatic N) is 3. The number of hydrogen-bond donors (Lipinski definition) is 5. The highest BCUT2D eigenvalue weighted by Gasteiger charge is 2.44. The smallest absolute Gasteiger partial charge is 0.314 e. The van der Waals surface area contributed by atoms with E-state index in [-0.39, 0.29) is 35.2 Å². The number of H-pyrrole nitrogens is 1. The summed E-state index contributed by atoms with van der Waals surface area (Å²) in [5.41, 5.74) is 3.64. The van der Waals surface area contributed by atoms with Gasteiger partial charge in [-0.1, -0.05) is 72.8 Å². The molecule has 1 unspecified atom stereocenters. The molecule has 12 nitrogen and oxygen atoms in total. The number of benzene rings is 4. The van der Waals surface area contributed by atoms with Crippen LogP contribution in [0.5, 0.6) is 5.75 Å². The Morgan fingerprint density at radius 3 is 1.95 bits per heavy atom. The van der Waals surface area contributed by atoms with E-state index in [1.807, 2.05) is 66.7 Å². The zero-order valence-electron chi connectivity index (χ0n) is 34.2. The van der Waals surface area contributed by atoms with Crippen molar-refractivity contribution in [3.05, 3.63) is 147 Å². The molecule has 0 aliphatic carbocycles. The van der Waals surface area contributed by atoms with Gasteiger partial charge in [-0.2, -0.15) is 0 Å². The summed E-state index contributed by atoms with van der Waals surface area (Å²) in [6, 6.07) is 30.3. The Morgan fingerprint density at radius 1 is 0.800 bits per heavy atom. The number of rotatable bonds is 12. The third-order valence-corrected chi connectivity index (χ3v) is 12.5. The third kappa shape index (κ3) is 9.95. The number of aromatic amines is 1. The predicted molar refractivity (Wildman–Crippen MR) is 230 cm³/mol. The molecule has 5 aromatic rings. The zero-order valence-corrected chi connectivity index (χ0v) is 34.2. The van der Waals surface area contributed by atoms with Crippen LogP contribution in [0.4, 0.5) is 0 Å². The number of hydrogen-bond acceptors (Lipinski definition) is 8. The molecule has 4 fully saturated rings. The van der Waals surface area contributed by atoms with Crippen LogP contribution in [0, 0.1) is 5.92 Å². The van der Waals surface area contributed by atoms with Crippen molar-refractivity contribution in [3.8, 4) is 5.75 Å². The molecule has 1 aromatic heterocycles. The van der Waals surface area contributed by atoms with Crippen LogP contribution in [0.3, 0.4) is 0 Å². The fourth-order valence-corrected chi connectivity index (χ4v) is 8.77. The lowest BCUT2D eigenvalue weighted by Crippen LogP contribution is -2.49. The van der Waals surface area contributed by atoms with E-state index in [0.717, 1.165) is 28.2 Å². The van der Waals surface area contributed by atoms with Crippen molar-refractivity contribution in [2.24, 2.45) is 5.92 Å². The van der Waals surface area contributed by atoms with Crippen LogP contribution < -0.4 is 10.9 Å². The lowest BCUT2D eigenvalue weighted by atomic mass is 9.73. The molecule has 2 bridgehead atoms. The molecule has 4 aromatic carbocycles. The van der Waals surface area contributed by atoms with E-state index in [4.69, 9.17) is 0 Å². The number of phenols is 1. The first-order valence-corrected chi connectivity index (χ1v) is 21.0. The molecule has 0 spiro atoms. The second-order valence-electron chi connectivity index (χ2n) is 16.4. The number of fused-ring (bicyclic) bond motifs is 4. The van der Waals surface area contributed by atoms with Gasteiger partial charge in [0, 0.05) is 63.2 Å². The minimum atomic E-state index is -1.00. The van der Waals surface area contributed by atoms with Crippen molar-refractivity contribution in [2.45, 2.75) is 70.2 Å². The number of aliphatic hydroxyl groups is 1.